The number of hydrogen-bond acceptors (Lipinski definition) is 9. The van der Waals surface area contributed by atoms with Crippen LogP contribution in [0.2, 0.25) is 0 Å². The second kappa shape index (κ2) is 18.1. The zero-order valence-corrected chi connectivity index (χ0v) is 27.0. The Morgan fingerprint density at radius 3 is 2.16 bits per heavy atom. The highest BCUT2D eigenvalue weighted by atomic mass is 16.5. The number of aldehydes is 1. The highest BCUT2D eigenvalue weighted by Crippen LogP contribution is 2.34. The number of unbranched alkanes of at least 4 members (excludes halogenated alkanes) is 1. The molecule has 2 aromatic rings. The Bertz CT molecular complexity index is 1130. The molecular weight excluding hydrogens is 556 g/mol. The molecule has 0 aromatic heterocycles. The van der Waals surface area contributed by atoms with Gasteiger partial charge in [0.05, 0.1) is 32.3 Å². The van der Waals surface area contributed by atoms with E-state index < -0.39 is 12.1 Å². The Hall–Kier alpha value is -3.02. The minimum atomic E-state index is -0.723. The topological polar surface area (TPSA) is 149 Å². The van der Waals surface area contributed by atoms with Crippen molar-refractivity contribution in [1.29, 1.82) is 0 Å². The van der Waals surface area contributed by atoms with Gasteiger partial charge >= 0.3 is 0 Å². The van der Waals surface area contributed by atoms with Gasteiger partial charge < -0.3 is 41.7 Å². The number of amides is 1. The minimum absolute atomic E-state index is 0.00714. The molecule has 0 saturated carbocycles. The zero-order valence-electron chi connectivity index (χ0n) is 27.0. The summed E-state index contributed by atoms with van der Waals surface area (Å²) in [5.74, 6) is 1.85. The van der Waals surface area contributed by atoms with Gasteiger partial charge in [0.15, 0.2) is 0 Å². The Morgan fingerprint density at radius 1 is 0.955 bits per heavy atom. The van der Waals surface area contributed by atoms with Crippen LogP contribution in [0.4, 0.5) is 0 Å². The lowest BCUT2D eigenvalue weighted by Gasteiger charge is -2.51. The van der Waals surface area contributed by atoms with Gasteiger partial charge in [-0.3, -0.25) is 9.69 Å². The van der Waals surface area contributed by atoms with Gasteiger partial charge in [-0.2, -0.15) is 0 Å². The molecule has 5 atom stereocenters. The van der Waals surface area contributed by atoms with Gasteiger partial charge in [0.1, 0.15) is 17.8 Å². The number of methoxy groups -OCH3 is 2. The summed E-state index contributed by atoms with van der Waals surface area (Å²) in [5.41, 5.74) is 20.7. The molecule has 1 aliphatic heterocycles. The van der Waals surface area contributed by atoms with Gasteiger partial charge in [0.2, 0.25) is 5.91 Å². The molecule has 1 amide bonds. The molecule has 2 aromatic carbocycles. The third-order valence-corrected chi connectivity index (χ3v) is 8.50. The monoisotopic (exact) mass is 610 g/mol. The summed E-state index contributed by atoms with van der Waals surface area (Å²) in [6.45, 7) is 7.76. The molecule has 0 radical (unpaired) electrons. The number of piperazine rings is 1. The van der Waals surface area contributed by atoms with Crippen molar-refractivity contribution in [3.05, 3.63) is 59.7 Å². The van der Waals surface area contributed by atoms with E-state index >= 15 is 0 Å². The lowest BCUT2D eigenvalue weighted by molar-refractivity contribution is -0.141. The zero-order chi connectivity index (χ0) is 32.1. The van der Waals surface area contributed by atoms with Gasteiger partial charge in [-0.05, 0) is 73.5 Å². The van der Waals surface area contributed by atoms with Crippen LogP contribution < -0.4 is 32.0 Å². The van der Waals surface area contributed by atoms with Crippen molar-refractivity contribution >= 4 is 12.2 Å². The number of benzene rings is 2. The van der Waals surface area contributed by atoms with E-state index in [9.17, 15) is 9.59 Å². The van der Waals surface area contributed by atoms with Gasteiger partial charge in [-0.15, -0.1) is 0 Å². The highest BCUT2D eigenvalue weighted by Gasteiger charge is 2.42. The van der Waals surface area contributed by atoms with Crippen molar-refractivity contribution in [2.24, 2.45) is 23.1 Å². The van der Waals surface area contributed by atoms with Crippen LogP contribution in [0.1, 0.15) is 56.7 Å². The Morgan fingerprint density at radius 2 is 1.59 bits per heavy atom. The first-order valence-electron chi connectivity index (χ1n) is 15.9. The molecule has 0 aliphatic carbocycles. The third-order valence-electron chi connectivity index (χ3n) is 8.50. The van der Waals surface area contributed by atoms with Gasteiger partial charge in [-0.25, -0.2) is 0 Å². The van der Waals surface area contributed by atoms with Crippen LogP contribution >= 0.6 is 0 Å². The van der Waals surface area contributed by atoms with E-state index in [4.69, 9.17) is 26.7 Å². The fraction of sp³-hybridized carbons (Fsp3) is 0.588. The quantitative estimate of drug-likeness (QED) is 0.148. The number of nitrogens with one attached hydrogen (secondary N) is 1. The number of carbonyl (C=O) groups excluding carboxylic acids is 2. The molecule has 1 heterocycles. The molecule has 1 saturated heterocycles. The summed E-state index contributed by atoms with van der Waals surface area (Å²) in [4.78, 5) is 30.7. The summed E-state index contributed by atoms with van der Waals surface area (Å²) in [5, 5.41) is 3.36. The minimum Gasteiger partial charge on any atom is -0.497 e. The molecule has 44 heavy (non-hydrogen) atoms. The van der Waals surface area contributed by atoms with Crippen molar-refractivity contribution in [3.63, 3.8) is 0 Å². The van der Waals surface area contributed by atoms with Crippen LogP contribution in [0, 0.1) is 5.92 Å². The largest absolute Gasteiger partial charge is 0.497 e. The maximum Gasteiger partial charge on any atom is 0.240 e. The standard InChI is InChI=1S/C34H54N6O4/c1-24(2)19-28-22-40(34(42)31(36)20-25-8-12-29(43-3)13-9-25)27(7-5-6-17-38-18-16-35)21-39(28)33(32(37)23-41)26-10-14-30(44-4)15-11-26/h8-15,23-24,27-28,31-33,38H,5-7,16-22,35-37H2,1-4H3/t27-,28+,31+,32?,33?/m0/s1. The number of hydrogen-bond donors (Lipinski definition) is 4. The fourth-order valence-corrected chi connectivity index (χ4v) is 6.27. The third kappa shape index (κ3) is 10.0. The first kappa shape index (κ1) is 35.5. The Labute approximate surface area is 263 Å². The molecular formula is C34H54N6O4. The first-order chi connectivity index (χ1) is 21.2. The second-order valence-corrected chi connectivity index (χ2v) is 12.2. The van der Waals surface area contributed by atoms with Crippen LogP contribution in [0.5, 0.6) is 11.5 Å². The van der Waals surface area contributed by atoms with E-state index in [1.54, 1.807) is 14.2 Å². The van der Waals surface area contributed by atoms with Crippen LogP contribution in [-0.2, 0) is 16.0 Å². The number of carbonyl (C=O) groups is 2. The molecule has 1 aliphatic rings. The summed E-state index contributed by atoms with van der Waals surface area (Å²) < 4.78 is 10.7. The van der Waals surface area contributed by atoms with Crippen molar-refractivity contribution in [1.82, 2.24) is 15.1 Å². The second-order valence-electron chi connectivity index (χ2n) is 12.2. The summed E-state index contributed by atoms with van der Waals surface area (Å²) in [6, 6.07) is 13.7. The molecule has 2 unspecified atom stereocenters. The lowest BCUT2D eigenvalue weighted by atomic mass is 9.89. The van der Waals surface area contributed by atoms with Gasteiger partial charge in [-0.1, -0.05) is 44.5 Å². The molecule has 10 nitrogen and oxygen atoms in total. The van der Waals surface area contributed by atoms with Crippen LogP contribution in [0.25, 0.3) is 0 Å². The smallest absolute Gasteiger partial charge is 0.240 e. The molecule has 7 N–H and O–H groups in total. The maximum atomic E-state index is 14.1. The average Bonchev–Trinajstić information content (AvgIpc) is 3.03. The number of ether oxygens (including phenoxy) is 2. The van der Waals surface area contributed by atoms with Crippen LogP contribution in [0.3, 0.4) is 0 Å². The molecule has 3 rings (SSSR count). The number of nitrogens with zero attached hydrogens (tertiary/aromatic N) is 2. The molecule has 0 spiro atoms. The van der Waals surface area contributed by atoms with E-state index in [2.05, 4.69) is 24.1 Å². The summed E-state index contributed by atoms with van der Waals surface area (Å²) in [7, 11) is 3.27. The molecule has 244 valence electrons. The van der Waals surface area contributed by atoms with E-state index in [-0.39, 0.29) is 24.0 Å². The van der Waals surface area contributed by atoms with Crippen LogP contribution in [0.15, 0.2) is 48.5 Å². The lowest BCUT2D eigenvalue weighted by Crippen LogP contribution is -2.64. The van der Waals surface area contributed by atoms with E-state index in [0.29, 0.717) is 32.0 Å². The fourth-order valence-electron chi connectivity index (χ4n) is 6.27. The summed E-state index contributed by atoms with van der Waals surface area (Å²) in [6.07, 6.45) is 4.87. The molecule has 1 fully saturated rings. The maximum absolute atomic E-state index is 14.1. The highest BCUT2D eigenvalue weighted by molar-refractivity contribution is 5.82. The Kier molecular flexibility index (Phi) is 14.6. The van der Waals surface area contributed by atoms with E-state index in [0.717, 1.165) is 67.7 Å². The predicted octanol–water partition coefficient (Wildman–Crippen LogP) is 2.49. The van der Waals surface area contributed by atoms with Crippen molar-refractivity contribution in [3.8, 4) is 11.5 Å². The van der Waals surface area contributed by atoms with Gasteiger partial charge in [0.25, 0.3) is 0 Å². The SMILES string of the molecule is COc1ccc(C[C@@H](N)C(=O)N2C[C@@H](CC(C)C)N(C(c3ccc(OC)cc3)C(N)C=O)C[C@@H]2CCCCNCCN)cc1. The summed E-state index contributed by atoms with van der Waals surface area (Å²) >= 11 is 0. The Balaban J connectivity index is 1.91. The van der Waals surface area contributed by atoms with Crippen LogP contribution in [-0.4, -0.2) is 93.1 Å². The predicted molar refractivity (Wildman–Crippen MR) is 176 cm³/mol. The van der Waals surface area contributed by atoms with Crippen molar-refractivity contribution < 1.29 is 19.1 Å². The van der Waals surface area contributed by atoms with E-state index in [1.807, 2.05) is 53.4 Å². The average molecular weight is 611 g/mol. The van der Waals surface area contributed by atoms with Gasteiger partial charge in [0, 0.05) is 38.3 Å². The normalized spacial score (nSPS) is 19.4. The van der Waals surface area contributed by atoms with Crippen molar-refractivity contribution in [2.45, 2.75) is 76.2 Å². The van der Waals surface area contributed by atoms with E-state index in [1.165, 1.54) is 0 Å². The van der Waals surface area contributed by atoms with Crippen molar-refractivity contribution in [2.75, 3.05) is 46.9 Å². The first-order valence-corrected chi connectivity index (χ1v) is 15.9. The number of nitrogens with two attached hydrogens (primary N) is 3. The molecule has 0 bridgehead atoms. The number of rotatable bonds is 18. The molecule has 10 heteroatoms.